The van der Waals surface area contributed by atoms with Crippen molar-refractivity contribution in [3.05, 3.63) is 87.3 Å². The molecule has 0 saturated heterocycles. The van der Waals surface area contributed by atoms with Crippen molar-refractivity contribution in [2.45, 2.75) is 40.2 Å². The van der Waals surface area contributed by atoms with E-state index < -0.39 is 17.9 Å². The molecule has 9 heteroatoms. The number of nitrogens with one attached hydrogen (secondary N) is 1. The Morgan fingerprint density at radius 1 is 1.11 bits per heavy atom. The Morgan fingerprint density at radius 2 is 1.82 bits per heavy atom. The van der Waals surface area contributed by atoms with E-state index in [2.05, 4.69) is 41.5 Å². The number of hydrogen-bond donors (Lipinski definition) is 2. The predicted molar refractivity (Wildman–Crippen MR) is 150 cm³/mol. The van der Waals surface area contributed by atoms with Crippen molar-refractivity contribution in [2.75, 3.05) is 19.0 Å². The van der Waals surface area contributed by atoms with E-state index in [1.807, 2.05) is 47.9 Å². The van der Waals surface area contributed by atoms with Gasteiger partial charge >= 0.3 is 5.97 Å². The van der Waals surface area contributed by atoms with Crippen LogP contribution in [0.3, 0.4) is 0 Å². The number of anilines is 1. The van der Waals surface area contributed by atoms with E-state index >= 15 is 0 Å². The molecule has 4 aromatic rings. The number of fused-ring (bicyclic) bond motifs is 3. The Kier molecular flexibility index (Phi) is 7.03. The van der Waals surface area contributed by atoms with Crippen LogP contribution in [0, 0.1) is 26.7 Å². The molecule has 0 bridgehead atoms. The highest BCUT2D eigenvalue weighted by atomic mass is 32.1. The number of carbonyl (C=O) groups is 1. The smallest absolute Gasteiger partial charge is 0.308 e. The summed E-state index contributed by atoms with van der Waals surface area (Å²) in [6, 6.07) is 15.6. The van der Waals surface area contributed by atoms with Gasteiger partial charge in [-0.05, 0) is 69.5 Å². The summed E-state index contributed by atoms with van der Waals surface area (Å²) in [5, 5.41) is 23.0. The topological polar surface area (TPSA) is 102 Å². The molecule has 196 valence electrons. The van der Waals surface area contributed by atoms with Gasteiger partial charge < -0.3 is 15.2 Å². The van der Waals surface area contributed by atoms with E-state index in [0.717, 1.165) is 57.6 Å². The molecule has 0 fully saturated rings. The number of ether oxygens (including phenoxy) is 1. The zero-order valence-electron chi connectivity index (χ0n) is 22.1. The fourth-order valence-corrected chi connectivity index (χ4v) is 5.92. The number of aliphatic carboxylic acids is 1. The van der Waals surface area contributed by atoms with Crippen molar-refractivity contribution >= 4 is 28.7 Å². The molecule has 2 N–H and O–H groups in total. The number of carboxylic acid groups (broad SMARTS) is 1. The van der Waals surface area contributed by atoms with Crippen LogP contribution in [-0.4, -0.2) is 45.2 Å². The van der Waals surface area contributed by atoms with E-state index in [-0.39, 0.29) is 0 Å². The number of aryl methyl sites for hydroxylation is 2. The minimum Gasteiger partial charge on any atom is -0.497 e. The van der Waals surface area contributed by atoms with Gasteiger partial charge in [0.2, 0.25) is 0 Å². The molecule has 38 heavy (non-hydrogen) atoms. The number of rotatable bonds is 8. The monoisotopic (exact) mass is 529 g/mol. The van der Waals surface area contributed by atoms with Crippen LogP contribution in [0.4, 0.5) is 5.69 Å². The number of nitrogens with zero attached hydrogens (tertiary/aromatic N) is 4. The Balaban J connectivity index is 1.46. The lowest BCUT2D eigenvalue weighted by Gasteiger charge is -2.16. The fourth-order valence-electron chi connectivity index (χ4n) is 4.71. The zero-order chi connectivity index (χ0) is 27.0. The minimum atomic E-state index is -0.917. The minimum absolute atomic E-state index is 0.562. The summed E-state index contributed by atoms with van der Waals surface area (Å²) in [6.45, 7) is 8.56. The van der Waals surface area contributed by atoms with E-state index in [4.69, 9.17) is 9.73 Å². The van der Waals surface area contributed by atoms with E-state index in [1.54, 1.807) is 25.4 Å². The number of aliphatic imine (C=N–C) groups is 1. The number of carboxylic acids is 1. The first-order valence-corrected chi connectivity index (χ1v) is 13.4. The molecule has 1 unspecified atom stereocenters. The van der Waals surface area contributed by atoms with Gasteiger partial charge in [0.05, 0.1) is 18.7 Å². The molecule has 0 radical (unpaired) electrons. The molecule has 0 amide bonds. The number of benzene rings is 2. The first kappa shape index (κ1) is 25.7. The second-order valence-corrected chi connectivity index (χ2v) is 10.8. The summed E-state index contributed by atoms with van der Waals surface area (Å²) in [6.07, 6.45) is 0.892. The maximum absolute atomic E-state index is 12.0. The molecule has 0 aliphatic carbocycles. The molecule has 2 aromatic carbocycles. The molecule has 0 spiro atoms. The highest BCUT2D eigenvalue weighted by Gasteiger charge is 2.36. The van der Waals surface area contributed by atoms with Crippen LogP contribution in [0.2, 0.25) is 0 Å². The lowest BCUT2D eigenvalue weighted by molar-refractivity contribution is -0.141. The molecule has 1 aliphatic rings. The van der Waals surface area contributed by atoms with Crippen molar-refractivity contribution in [1.82, 2.24) is 14.8 Å². The average molecular weight is 530 g/mol. The van der Waals surface area contributed by atoms with Crippen molar-refractivity contribution in [1.29, 1.82) is 0 Å². The lowest BCUT2D eigenvalue weighted by Crippen LogP contribution is -2.21. The third-order valence-corrected chi connectivity index (χ3v) is 8.30. The van der Waals surface area contributed by atoms with Gasteiger partial charge in [0.15, 0.2) is 5.82 Å². The van der Waals surface area contributed by atoms with Crippen LogP contribution in [-0.2, 0) is 11.2 Å². The number of hydrogen-bond acceptors (Lipinski definition) is 7. The summed E-state index contributed by atoms with van der Waals surface area (Å²) >= 11 is 1.66. The second kappa shape index (κ2) is 10.4. The molecule has 8 nitrogen and oxygen atoms in total. The van der Waals surface area contributed by atoms with Gasteiger partial charge in [0.25, 0.3) is 0 Å². The number of methoxy groups -OCH3 is 1. The summed E-state index contributed by atoms with van der Waals surface area (Å²) in [5.41, 5.74) is 6.12. The van der Waals surface area contributed by atoms with Crippen molar-refractivity contribution in [2.24, 2.45) is 10.9 Å². The van der Waals surface area contributed by atoms with Crippen LogP contribution in [0.15, 0.2) is 53.5 Å². The van der Waals surface area contributed by atoms with Gasteiger partial charge in [0.1, 0.15) is 22.6 Å². The third kappa shape index (κ3) is 4.69. The summed E-state index contributed by atoms with van der Waals surface area (Å²) < 4.78 is 7.21. The van der Waals surface area contributed by atoms with Crippen molar-refractivity contribution in [3.63, 3.8) is 0 Å². The zero-order valence-corrected chi connectivity index (χ0v) is 23.0. The lowest BCUT2D eigenvalue weighted by atomic mass is 9.98. The van der Waals surface area contributed by atoms with Gasteiger partial charge in [-0.25, -0.2) is 0 Å². The highest BCUT2D eigenvalue weighted by Crippen LogP contribution is 2.40. The average Bonchev–Trinajstić information content (AvgIpc) is 3.39. The third-order valence-electron chi connectivity index (χ3n) is 7.11. The molecule has 2 aromatic heterocycles. The molecule has 2 atom stereocenters. The van der Waals surface area contributed by atoms with Crippen molar-refractivity contribution in [3.8, 4) is 10.8 Å². The molecule has 3 heterocycles. The number of thiophene rings is 1. The Labute approximate surface area is 226 Å². The summed E-state index contributed by atoms with van der Waals surface area (Å²) in [5.74, 6) is 0.457. The molecule has 1 aliphatic heterocycles. The van der Waals surface area contributed by atoms with Crippen LogP contribution >= 0.6 is 11.3 Å². The highest BCUT2D eigenvalue weighted by molar-refractivity contribution is 7.15. The quantitative estimate of drug-likeness (QED) is 0.311. The van der Waals surface area contributed by atoms with Gasteiger partial charge in [-0.15, -0.1) is 21.5 Å². The summed E-state index contributed by atoms with van der Waals surface area (Å²) in [4.78, 5) is 18.3. The van der Waals surface area contributed by atoms with Crippen LogP contribution < -0.4 is 10.1 Å². The van der Waals surface area contributed by atoms with Gasteiger partial charge in [-0.1, -0.05) is 24.3 Å². The molecule has 5 rings (SSSR count). The Bertz CT molecular complexity index is 1500. The van der Waals surface area contributed by atoms with E-state index in [0.29, 0.717) is 5.82 Å². The largest absolute Gasteiger partial charge is 0.497 e. The molecule has 0 saturated carbocycles. The molecular formula is C29H31N5O3S. The first-order valence-electron chi connectivity index (χ1n) is 12.6. The van der Waals surface area contributed by atoms with Crippen LogP contribution in [0.25, 0.3) is 5.00 Å². The van der Waals surface area contributed by atoms with Gasteiger partial charge in [-0.3, -0.25) is 14.4 Å². The maximum Gasteiger partial charge on any atom is 0.308 e. The van der Waals surface area contributed by atoms with Crippen molar-refractivity contribution < 1.29 is 14.6 Å². The van der Waals surface area contributed by atoms with Gasteiger partial charge in [-0.2, -0.15) is 0 Å². The van der Waals surface area contributed by atoms with E-state index in [1.165, 1.54) is 10.4 Å². The SMILES string of the molecule is COc1ccc(CCNc2ccc(C3=NC([C@H](C)C(=O)O)c4nnc(C)n4-c4sc(C)c(C)c43)cc2)cc1. The van der Waals surface area contributed by atoms with Gasteiger partial charge in [0, 0.05) is 28.2 Å². The second-order valence-electron chi connectivity index (χ2n) is 9.56. The van der Waals surface area contributed by atoms with Crippen LogP contribution in [0.5, 0.6) is 5.75 Å². The summed E-state index contributed by atoms with van der Waals surface area (Å²) in [7, 11) is 1.67. The van der Waals surface area contributed by atoms with E-state index in [9.17, 15) is 9.90 Å². The standard InChI is InChI=1S/C29H31N5O3S/c1-16-18(3)38-28-24(16)26(31-25(17(2)29(35)36)27-33-32-19(4)34(27)28)21-8-10-22(11-9-21)30-15-14-20-6-12-23(37-5)13-7-20/h6-13,17,25,30H,14-15H2,1-5H3,(H,35,36)/t17-,25?/m0/s1. The maximum atomic E-state index is 12.0. The normalized spacial score (nSPS) is 15.2. The first-order chi connectivity index (χ1) is 18.3. The fraction of sp³-hybridized carbons (Fsp3) is 0.310. The Morgan fingerprint density at radius 3 is 2.47 bits per heavy atom. The Hall–Kier alpha value is -3.98. The number of aromatic nitrogens is 3. The van der Waals surface area contributed by atoms with Crippen LogP contribution in [0.1, 0.15) is 51.7 Å². The molecular weight excluding hydrogens is 498 g/mol. The predicted octanol–water partition coefficient (Wildman–Crippen LogP) is 5.53.